The van der Waals surface area contributed by atoms with Crippen LogP contribution in [0.2, 0.25) is 0 Å². The minimum absolute atomic E-state index is 0.354. The molecule has 5 rings (SSSR count). The van der Waals surface area contributed by atoms with Gasteiger partial charge in [0.25, 0.3) is 0 Å². The minimum Gasteiger partial charge on any atom is -0.325 e. The lowest BCUT2D eigenvalue weighted by atomic mass is 9.49. The first kappa shape index (κ1) is 10.9. The molecule has 4 saturated carbocycles. The molecule has 0 spiro atoms. The van der Waals surface area contributed by atoms with Crippen molar-refractivity contribution in [2.24, 2.45) is 23.5 Å². The lowest BCUT2D eigenvalue weighted by Crippen LogP contribution is -2.49. The molecule has 3 heteroatoms. The Morgan fingerprint density at radius 3 is 2.22 bits per heavy atom. The molecule has 4 aliphatic carbocycles. The van der Waals surface area contributed by atoms with E-state index in [4.69, 9.17) is 10.7 Å². The first-order valence-electron chi connectivity index (χ1n) is 7.29. The van der Waals surface area contributed by atoms with Gasteiger partial charge in [0.1, 0.15) is 0 Å². The van der Waals surface area contributed by atoms with Gasteiger partial charge in [0.2, 0.25) is 0 Å². The van der Waals surface area contributed by atoms with E-state index in [0.29, 0.717) is 12.0 Å². The van der Waals surface area contributed by atoms with Crippen molar-refractivity contribution >= 4 is 0 Å². The molecule has 96 valence electrons. The van der Waals surface area contributed by atoms with Gasteiger partial charge < -0.3 is 5.73 Å². The van der Waals surface area contributed by atoms with E-state index >= 15 is 0 Å². The molecule has 4 fully saturated rings. The van der Waals surface area contributed by atoms with Gasteiger partial charge in [-0.25, -0.2) is 0 Å². The fourth-order valence-electron chi connectivity index (χ4n) is 5.18. The summed E-state index contributed by atoms with van der Waals surface area (Å²) < 4.78 is 0. The van der Waals surface area contributed by atoms with E-state index in [0.717, 1.165) is 23.4 Å². The Bertz CT molecular complexity index is 433. The van der Waals surface area contributed by atoms with E-state index in [2.05, 4.69) is 4.98 Å². The molecule has 1 aromatic rings. The second-order valence-corrected chi connectivity index (χ2v) is 6.80. The lowest BCUT2D eigenvalue weighted by molar-refractivity contribution is -0.00745. The van der Waals surface area contributed by atoms with Crippen LogP contribution in [0.1, 0.15) is 49.9 Å². The quantitative estimate of drug-likeness (QED) is 0.867. The van der Waals surface area contributed by atoms with Crippen LogP contribution in [0.15, 0.2) is 12.4 Å². The largest absolute Gasteiger partial charge is 0.325 e. The number of rotatable bonds is 2. The van der Waals surface area contributed by atoms with Crippen molar-refractivity contribution in [3.63, 3.8) is 0 Å². The molecule has 0 radical (unpaired) electrons. The van der Waals surface area contributed by atoms with Gasteiger partial charge in [0.15, 0.2) is 0 Å². The smallest absolute Gasteiger partial charge is 0.0725 e. The Kier molecular flexibility index (Phi) is 2.28. The Labute approximate surface area is 108 Å². The van der Waals surface area contributed by atoms with E-state index in [1.54, 1.807) is 0 Å². The molecule has 0 aromatic carbocycles. The van der Waals surface area contributed by atoms with Crippen molar-refractivity contribution in [2.45, 2.75) is 50.5 Å². The maximum absolute atomic E-state index is 5.71. The van der Waals surface area contributed by atoms with Crippen LogP contribution in [0.3, 0.4) is 0 Å². The number of hydrogen-bond donors (Lipinski definition) is 1. The van der Waals surface area contributed by atoms with Crippen LogP contribution in [-0.4, -0.2) is 9.97 Å². The van der Waals surface area contributed by atoms with Crippen LogP contribution < -0.4 is 5.73 Å². The van der Waals surface area contributed by atoms with E-state index in [1.807, 2.05) is 12.4 Å². The molecule has 4 aliphatic rings. The summed E-state index contributed by atoms with van der Waals surface area (Å²) in [6.45, 7) is 0.507. The van der Waals surface area contributed by atoms with Crippen LogP contribution in [0.4, 0.5) is 0 Å². The van der Waals surface area contributed by atoms with Gasteiger partial charge in [-0.1, -0.05) is 0 Å². The van der Waals surface area contributed by atoms with Crippen LogP contribution in [-0.2, 0) is 12.0 Å². The molecule has 0 unspecified atom stereocenters. The van der Waals surface area contributed by atoms with Crippen molar-refractivity contribution in [3.05, 3.63) is 23.8 Å². The van der Waals surface area contributed by atoms with E-state index in [9.17, 15) is 0 Å². The molecule has 0 aliphatic heterocycles. The third-order valence-corrected chi connectivity index (χ3v) is 5.48. The van der Waals surface area contributed by atoms with E-state index < -0.39 is 0 Å². The predicted octanol–water partition coefficient (Wildman–Crippen LogP) is 2.40. The summed E-state index contributed by atoms with van der Waals surface area (Å²) in [6.07, 6.45) is 12.3. The summed E-state index contributed by atoms with van der Waals surface area (Å²) in [5.74, 6) is 2.87. The van der Waals surface area contributed by atoms with Crippen molar-refractivity contribution in [1.82, 2.24) is 9.97 Å². The summed E-state index contributed by atoms with van der Waals surface area (Å²) in [4.78, 5) is 9.16. The molecular weight excluding hydrogens is 222 g/mol. The summed E-state index contributed by atoms with van der Waals surface area (Å²) >= 11 is 0. The topological polar surface area (TPSA) is 51.8 Å². The third kappa shape index (κ3) is 1.53. The molecule has 0 amide bonds. The minimum atomic E-state index is 0.354. The molecule has 0 atom stereocenters. The summed E-state index contributed by atoms with van der Waals surface area (Å²) in [6, 6.07) is 0. The highest BCUT2D eigenvalue weighted by molar-refractivity contribution is 5.21. The fourth-order valence-corrected chi connectivity index (χ4v) is 5.18. The Balaban J connectivity index is 1.74. The van der Waals surface area contributed by atoms with Crippen molar-refractivity contribution in [2.75, 3.05) is 0 Å². The van der Waals surface area contributed by atoms with E-state index in [1.165, 1.54) is 44.2 Å². The Hall–Kier alpha value is -0.960. The average molecular weight is 243 g/mol. The SMILES string of the molecule is NCc1cncc(C23CC4CC(CC(C4)C2)C3)n1. The fraction of sp³-hybridized carbons (Fsp3) is 0.733. The van der Waals surface area contributed by atoms with Gasteiger partial charge in [-0.05, 0) is 56.3 Å². The lowest BCUT2D eigenvalue weighted by Gasteiger charge is -2.56. The van der Waals surface area contributed by atoms with Gasteiger partial charge in [-0.3, -0.25) is 9.97 Å². The average Bonchev–Trinajstić information content (AvgIpc) is 2.37. The second kappa shape index (κ2) is 3.77. The zero-order chi connectivity index (χ0) is 12.2. The van der Waals surface area contributed by atoms with Crippen LogP contribution in [0, 0.1) is 17.8 Å². The second-order valence-electron chi connectivity index (χ2n) is 6.80. The van der Waals surface area contributed by atoms with Crippen LogP contribution in [0.25, 0.3) is 0 Å². The zero-order valence-corrected chi connectivity index (χ0v) is 10.8. The summed E-state index contributed by atoms with van der Waals surface area (Å²) in [7, 11) is 0. The van der Waals surface area contributed by atoms with Crippen LogP contribution in [0.5, 0.6) is 0 Å². The van der Waals surface area contributed by atoms with Gasteiger partial charge in [0, 0.05) is 24.4 Å². The Morgan fingerprint density at radius 1 is 1.06 bits per heavy atom. The first-order chi connectivity index (χ1) is 8.77. The molecule has 4 bridgehead atoms. The summed E-state index contributed by atoms with van der Waals surface area (Å²) in [5, 5.41) is 0. The van der Waals surface area contributed by atoms with Crippen LogP contribution >= 0.6 is 0 Å². The molecule has 18 heavy (non-hydrogen) atoms. The summed E-state index contributed by atoms with van der Waals surface area (Å²) in [5.41, 5.74) is 8.25. The molecular formula is C15H21N3. The zero-order valence-electron chi connectivity index (χ0n) is 10.8. The number of aromatic nitrogens is 2. The van der Waals surface area contributed by atoms with Gasteiger partial charge in [0.05, 0.1) is 11.4 Å². The molecule has 1 heterocycles. The van der Waals surface area contributed by atoms with Gasteiger partial charge in [-0.2, -0.15) is 0 Å². The first-order valence-corrected chi connectivity index (χ1v) is 7.29. The highest BCUT2D eigenvalue weighted by atomic mass is 14.8. The molecule has 0 saturated heterocycles. The normalized spacial score (nSPS) is 41.3. The number of nitrogens with zero attached hydrogens (tertiary/aromatic N) is 2. The van der Waals surface area contributed by atoms with Gasteiger partial charge in [-0.15, -0.1) is 0 Å². The number of nitrogens with two attached hydrogens (primary N) is 1. The number of hydrogen-bond acceptors (Lipinski definition) is 3. The highest BCUT2D eigenvalue weighted by Gasteiger charge is 2.52. The third-order valence-electron chi connectivity index (χ3n) is 5.48. The monoisotopic (exact) mass is 243 g/mol. The molecule has 3 nitrogen and oxygen atoms in total. The Morgan fingerprint density at radius 2 is 1.67 bits per heavy atom. The van der Waals surface area contributed by atoms with Gasteiger partial charge >= 0.3 is 0 Å². The maximum atomic E-state index is 5.71. The van der Waals surface area contributed by atoms with Crippen molar-refractivity contribution < 1.29 is 0 Å². The van der Waals surface area contributed by atoms with E-state index in [-0.39, 0.29) is 0 Å². The van der Waals surface area contributed by atoms with Crippen molar-refractivity contribution in [3.8, 4) is 0 Å². The molecule has 1 aromatic heterocycles. The highest BCUT2D eigenvalue weighted by Crippen LogP contribution is 2.60. The predicted molar refractivity (Wildman–Crippen MR) is 69.8 cm³/mol. The maximum Gasteiger partial charge on any atom is 0.0725 e. The standard InChI is InChI=1S/C15H21N3/c16-7-13-8-17-9-14(18-13)15-4-10-1-11(5-15)3-12(2-10)6-15/h8-12H,1-7,16H2. The van der Waals surface area contributed by atoms with Crippen molar-refractivity contribution in [1.29, 1.82) is 0 Å². The molecule has 2 N–H and O–H groups in total.